The third-order valence-corrected chi connectivity index (χ3v) is 3.87. The molecule has 6 nitrogen and oxygen atoms in total. The van der Waals surface area contributed by atoms with E-state index in [1.54, 1.807) is 12.3 Å². The Balaban J connectivity index is 1.85. The molecule has 1 aliphatic carbocycles. The molecule has 21 heavy (non-hydrogen) atoms. The van der Waals surface area contributed by atoms with E-state index in [2.05, 4.69) is 10.4 Å². The topological polar surface area (TPSA) is 84.2 Å². The van der Waals surface area contributed by atoms with Crippen LogP contribution in [0.1, 0.15) is 61.9 Å². The number of aromatic nitrogens is 2. The summed E-state index contributed by atoms with van der Waals surface area (Å²) in [4.78, 5) is 22.7. The van der Waals surface area contributed by atoms with Gasteiger partial charge in [-0.2, -0.15) is 5.10 Å². The minimum absolute atomic E-state index is 0.00532. The average Bonchev–Trinajstić information content (AvgIpc) is 2.88. The van der Waals surface area contributed by atoms with Gasteiger partial charge in [-0.1, -0.05) is 32.1 Å². The second-order valence-corrected chi connectivity index (χ2v) is 5.62. The average molecular weight is 293 g/mol. The van der Waals surface area contributed by atoms with Crippen molar-refractivity contribution in [1.29, 1.82) is 0 Å². The van der Waals surface area contributed by atoms with E-state index in [0.717, 1.165) is 25.7 Å². The van der Waals surface area contributed by atoms with Crippen molar-refractivity contribution in [2.75, 3.05) is 0 Å². The first kappa shape index (κ1) is 15.5. The molecule has 0 spiro atoms. The molecule has 1 saturated carbocycles. The predicted octanol–water partition coefficient (Wildman–Crippen LogP) is 2.20. The maximum absolute atomic E-state index is 12.2. The van der Waals surface area contributed by atoms with Gasteiger partial charge in [-0.05, 0) is 18.9 Å². The van der Waals surface area contributed by atoms with E-state index in [9.17, 15) is 9.59 Å². The summed E-state index contributed by atoms with van der Waals surface area (Å²) in [5.41, 5.74) is 0.363. The molecule has 0 radical (unpaired) electrons. The SMILES string of the molecule is O=C(O)CCn1ccc(C(=O)NC2CCCCCCC2)n1. The fourth-order valence-electron chi connectivity index (χ4n) is 2.68. The van der Waals surface area contributed by atoms with Crippen molar-refractivity contribution in [3.8, 4) is 0 Å². The molecule has 0 bridgehead atoms. The lowest BCUT2D eigenvalue weighted by Crippen LogP contribution is -2.35. The number of carbonyl (C=O) groups excluding carboxylic acids is 1. The number of hydrogen-bond acceptors (Lipinski definition) is 3. The van der Waals surface area contributed by atoms with E-state index in [4.69, 9.17) is 5.11 Å². The molecule has 1 aromatic heterocycles. The molecular formula is C15H23N3O3. The summed E-state index contributed by atoms with van der Waals surface area (Å²) in [5, 5.41) is 15.8. The van der Waals surface area contributed by atoms with Gasteiger partial charge in [0.1, 0.15) is 5.69 Å². The molecule has 0 aromatic carbocycles. The van der Waals surface area contributed by atoms with E-state index in [1.165, 1.54) is 23.9 Å². The Labute approximate surface area is 124 Å². The summed E-state index contributed by atoms with van der Waals surface area (Å²) >= 11 is 0. The molecule has 0 atom stereocenters. The Morgan fingerprint density at radius 2 is 1.90 bits per heavy atom. The molecule has 2 N–H and O–H groups in total. The summed E-state index contributed by atoms with van der Waals surface area (Å²) in [5.74, 6) is -1.03. The van der Waals surface area contributed by atoms with E-state index in [-0.39, 0.29) is 24.9 Å². The van der Waals surface area contributed by atoms with Gasteiger partial charge < -0.3 is 10.4 Å². The zero-order valence-electron chi connectivity index (χ0n) is 12.3. The number of carboxylic acid groups (broad SMARTS) is 1. The fourth-order valence-corrected chi connectivity index (χ4v) is 2.68. The Hall–Kier alpha value is -1.85. The van der Waals surface area contributed by atoms with Crippen LogP contribution in [0.5, 0.6) is 0 Å². The molecule has 6 heteroatoms. The first-order chi connectivity index (χ1) is 10.1. The first-order valence-electron chi connectivity index (χ1n) is 7.71. The molecular weight excluding hydrogens is 270 g/mol. The van der Waals surface area contributed by atoms with Crippen molar-refractivity contribution in [3.05, 3.63) is 18.0 Å². The number of rotatable bonds is 5. The molecule has 2 rings (SSSR count). The Bertz CT molecular complexity index is 476. The standard InChI is InChI=1S/C15H23N3O3/c19-14(20)9-11-18-10-8-13(17-18)15(21)16-12-6-4-2-1-3-5-7-12/h8,10,12H,1-7,9,11H2,(H,16,21)(H,19,20). The number of nitrogens with zero attached hydrogens (tertiary/aromatic N) is 2. The third kappa shape index (κ3) is 5.21. The lowest BCUT2D eigenvalue weighted by atomic mass is 9.96. The van der Waals surface area contributed by atoms with E-state index >= 15 is 0 Å². The van der Waals surface area contributed by atoms with Gasteiger partial charge in [-0.3, -0.25) is 14.3 Å². The van der Waals surface area contributed by atoms with Gasteiger partial charge in [-0.15, -0.1) is 0 Å². The summed E-state index contributed by atoms with van der Waals surface area (Å²) < 4.78 is 1.50. The van der Waals surface area contributed by atoms with Gasteiger partial charge >= 0.3 is 5.97 Å². The number of hydrogen-bond donors (Lipinski definition) is 2. The van der Waals surface area contributed by atoms with Crippen molar-refractivity contribution in [2.45, 2.75) is 64.0 Å². The van der Waals surface area contributed by atoms with E-state index < -0.39 is 5.97 Å². The van der Waals surface area contributed by atoms with Crippen LogP contribution in [0.2, 0.25) is 0 Å². The molecule has 0 aliphatic heterocycles. The van der Waals surface area contributed by atoms with Gasteiger partial charge in [0.2, 0.25) is 0 Å². The Kier molecular flexibility index (Phi) is 5.78. The fraction of sp³-hybridized carbons (Fsp3) is 0.667. The second-order valence-electron chi connectivity index (χ2n) is 5.62. The van der Waals surface area contributed by atoms with Crippen molar-refractivity contribution < 1.29 is 14.7 Å². The van der Waals surface area contributed by atoms with Crippen LogP contribution in [0, 0.1) is 0 Å². The Morgan fingerprint density at radius 3 is 2.57 bits per heavy atom. The third-order valence-electron chi connectivity index (χ3n) is 3.87. The minimum Gasteiger partial charge on any atom is -0.481 e. The Morgan fingerprint density at radius 1 is 1.24 bits per heavy atom. The van der Waals surface area contributed by atoms with Crippen molar-refractivity contribution in [2.24, 2.45) is 0 Å². The molecule has 1 aliphatic rings. The summed E-state index contributed by atoms with van der Waals surface area (Å²) in [6.45, 7) is 0.284. The molecule has 1 heterocycles. The number of aliphatic carboxylic acids is 1. The van der Waals surface area contributed by atoms with Crippen LogP contribution in [0.15, 0.2) is 12.3 Å². The highest BCUT2D eigenvalue weighted by Gasteiger charge is 2.16. The number of carboxylic acids is 1. The summed E-state index contributed by atoms with van der Waals surface area (Å²) in [6.07, 6.45) is 9.84. The lowest BCUT2D eigenvalue weighted by molar-refractivity contribution is -0.137. The summed E-state index contributed by atoms with van der Waals surface area (Å²) in [7, 11) is 0. The van der Waals surface area contributed by atoms with Gasteiger partial charge in [0.05, 0.1) is 13.0 Å². The molecule has 0 saturated heterocycles. The monoisotopic (exact) mass is 293 g/mol. The van der Waals surface area contributed by atoms with Crippen LogP contribution < -0.4 is 5.32 Å². The van der Waals surface area contributed by atoms with Gasteiger partial charge in [0, 0.05) is 12.2 Å². The number of carbonyl (C=O) groups is 2. The van der Waals surface area contributed by atoms with Crippen LogP contribution in [0.25, 0.3) is 0 Å². The zero-order chi connectivity index (χ0) is 15.1. The first-order valence-corrected chi connectivity index (χ1v) is 7.71. The molecule has 1 amide bonds. The quantitative estimate of drug-likeness (QED) is 0.871. The van der Waals surface area contributed by atoms with E-state index in [0.29, 0.717) is 5.69 Å². The zero-order valence-corrected chi connectivity index (χ0v) is 12.3. The van der Waals surface area contributed by atoms with Gasteiger partial charge in [-0.25, -0.2) is 0 Å². The lowest BCUT2D eigenvalue weighted by Gasteiger charge is -2.20. The highest BCUT2D eigenvalue weighted by atomic mass is 16.4. The van der Waals surface area contributed by atoms with Crippen LogP contribution in [0.3, 0.4) is 0 Å². The van der Waals surface area contributed by atoms with Crippen molar-refractivity contribution >= 4 is 11.9 Å². The summed E-state index contributed by atoms with van der Waals surface area (Å²) in [6, 6.07) is 1.88. The number of amides is 1. The van der Waals surface area contributed by atoms with E-state index in [1.807, 2.05) is 0 Å². The minimum atomic E-state index is -0.869. The molecule has 1 aromatic rings. The molecule has 116 valence electrons. The normalized spacial score (nSPS) is 17.0. The second kappa shape index (κ2) is 7.81. The molecule has 1 fully saturated rings. The largest absolute Gasteiger partial charge is 0.481 e. The predicted molar refractivity (Wildman–Crippen MR) is 78.1 cm³/mol. The van der Waals surface area contributed by atoms with Crippen LogP contribution in [0.4, 0.5) is 0 Å². The smallest absolute Gasteiger partial charge is 0.305 e. The van der Waals surface area contributed by atoms with Gasteiger partial charge in [0.25, 0.3) is 5.91 Å². The van der Waals surface area contributed by atoms with Crippen LogP contribution in [-0.2, 0) is 11.3 Å². The molecule has 0 unspecified atom stereocenters. The number of aryl methyl sites for hydroxylation is 1. The number of nitrogens with one attached hydrogen (secondary N) is 1. The van der Waals surface area contributed by atoms with Crippen molar-refractivity contribution in [3.63, 3.8) is 0 Å². The highest BCUT2D eigenvalue weighted by Crippen LogP contribution is 2.17. The maximum atomic E-state index is 12.2. The van der Waals surface area contributed by atoms with Gasteiger partial charge in [0.15, 0.2) is 0 Å². The van der Waals surface area contributed by atoms with Crippen molar-refractivity contribution in [1.82, 2.24) is 15.1 Å². The van der Waals surface area contributed by atoms with Crippen LogP contribution >= 0.6 is 0 Å². The maximum Gasteiger partial charge on any atom is 0.305 e. The van der Waals surface area contributed by atoms with Crippen LogP contribution in [-0.4, -0.2) is 32.8 Å². The highest BCUT2D eigenvalue weighted by molar-refractivity contribution is 5.92.